The number of anilines is 1. The highest BCUT2D eigenvalue weighted by Gasteiger charge is 2.12. The van der Waals surface area contributed by atoms with E-state index in [1.807, 2.05) is 13.8 Å². The summed E-state index contributed by atoms with van der Waals surface area (Å²) in [5, 5.41) is 7.55. The van der Waals surface area contributed by atoms with Crippen molar-refractivity contribution < 1.29 is 0 Å². The number of rotatable bonds is 7. The first-order chi connectivity index (χ1) is 8.97. The molecule has 4 nitrogen and oxygen atoms in total. The summed E-state index contributed by atoms with van der Waals surface area (Å²) >= 11 is 3.37. The molecule has 0 aliphatic carbocycles. The monoisotopic (exact) mass is 329 g/mol. The fraction of sp³-hybridized carbons (Fsp3) is 0.714. The third-order valence-corrected chi connectivity index (χ3v) is 3.84. The molecule has 0 saturated carbocycles. The molecule has 0 aliphatic rings. The molecule has 1 N–H and O–H groups in total. The molecule has 1 atom stereocenters. The summed E-state index contributed by atoms with van der Waals surface area (Å²) in [6.45, 7) is 8.23. The van der Waals surface area contributed by atoms with Gasteiger partial charge in [0.05, 0.1) is 17.9 Å². The first-order valence-electron chi connectivity index (χ1n) is 7.01. The average Bonchev–Trinajstić information content (AvgIpc) is 2.35. The largest absolute Gasteiger partial charge is 0.380 e. The molecule has 1 unspecified atom stereocenters. The lowest BCUT2D eigenvalue weighted by atomic mass is 10.1. The van der Waals surface area contributed by atoms with Gasteiger partial charge in [-0.05, 0) is 43.1 Å². The molecule has 0 aliphatic heterocycles. The van der Waals surface area contributed by atoms with Gasteiger partial charge in [0.2, 0.25) is 0 Å². The summed E-state index contributed by atoms with van der Waals surface area (Å²) < 4.78 is 2.05. The lowest BCUT2D eigenvalue weighted by molar-refractivity contribution is 0.500. The van der Waals surface area contributed by atoms with Crippen LogP contribution in [0.25, 0.3) is 0 Å². The third-order valence-electron chi connectivity index (χ3n) is 3.08. The van der Waals surface area contributed by atoms with Crippen molar-refractivity contribution in [3.05, 3.63) is 21.0 Å². The molecule has 1 aromatic rings. The van der Waals surface area contributed by atoms with Crippen LogP contribution in [0.1, 0.15) is 59.4 Å². The second-order valence-corrected chi connectivity index (χ2v) is 6.05. The Kier molecular flexibility index (Phi) is 6.55. The summed E-state index contributed by atoms with van der Waals surface area (Å²) in [6.07, 6.45) is 6.51. The van der Waals surface area contributed by atoms with E-state index in [1.54, 1.807) is 6.20 Å². The molecular formula is C14H24BrN3O. The van der Waals surface area contributed by atoms with Gasteiger partial charge < -0.3 is 5.32 Å². The number of nitrogens with one attached hydrogen (secondary N) is 1. The topological polar surface area (TPSA) is 46.9 Å². The molecule has 1 aromatic heterocycles. The van der Waals surface area contributed by atoms with Crippen LogP contribution >= 0.6 is 15.9 Å². The molecule has 19 heavy (non-hydrogen) atoms. The normalized spacial score (nSPS) is 12.7. The van der Waals surface area contributed by atoms with Crippen LogP contribution in [0.5, 0.6) is 0 Å². The van der Waals surface area contributed by atoms with E-state index in [9.17, 15) is 4.79 Å². The van der Waals surface area contributed by atoms with E-state index in [2.05, 4.69) is 40.2 Å². The zero-order valence-electron chi connectivity index (χ0n) is 12.2. The number of nitrogens with zero attached hydrogens (tertiary/aromatic N) is 2. The predicted molar refractivity (Wildman–Crippen MR) is 83.8 cm³/mol. The number of hydrogen-bond acceptors (Lipinski definition) is 3. The Morgan fingerprint density at radius 2 is 2.05 bits per heavy atom. The van der Waals surface area contributed by atoms with Crippen molar-refractivity contribution in [2.75, 3.05) is 5.32 Å². The van der Waals surface area contributed by atoms with Crippen LogP contribution in [0, 0.1) is 0 Å². The molecule has 1 heterocycles. The Morgan fingerprint density at radius 3 is 2.63 bits per heavy atom. The second-order valence-electron chi connectivity index (χ2n) is 5.26. The fourth-order valence-electron chi connectivity index (χ4n) is 1.95. The smallest absolute Gasteiger partial charge is 0.283 e. The Labute approximate surface area is 123 Å². The van der Waals surface area contributed by atoms with Crippen molar-refractivity contribution in [1.82, 2.24) is 9.78 Å². The van der Waals surface area contributed by atoms with Gasteiger partial charge in [-0.15, -0.1) is 0 Å². The van der Waals surface area contributed by atoms with Gasteiger partial charge in [-0.1, -0.05) is 26.2 Å². The molecule has 108 valence electrons. The van der Waals surface area contributed by atoms with Crippen molar-refractivity contribution in [3.63, 3.8) is 0 Å². The van der Waals surface area contributed by atoms with Gasteiger partial charge >= 0.3 is 0 Å². The lowest BCUT2D eigenvalue weighted by Crippen LogP contribution is -2.27. The van der Waals surface area contributed by atoms with Crippen LogP contribution in [-0.4, -0.2) is 15.8 Å². The maximum atomic E-state index is 12.1. The Bertz CT molecular complexity index is 456. The van der Waals surface area contributed by atoms with E-state index >= 15 is 0 Å². The lowest BCUT2D eigenvalue weighted by Gasteiger charge is -2.17. The van der Waals surface area contributed by atoms with Gasteiger partial charge in [-0.2, -0.15) is 5.10 Å². The van der Waals surface area contributed by atoms with Crippen LogP contribution in [0.3, 0.4) is 0 Å². The van der Waals surface area contributed by atoms with Gasteiger partial charge in [0, 0.05) is 6.04 Å². The molecule has 0 spiro atoms. The Morgan fingerprint density at radius 1 is 1.37 bits per heavy atom. The second kappa shape index (κ2) is 7.68. The maximum absolute atomic E-state index is 12.1. The maximum Gasteiger partial charge on any atom is 0.283 e. The first kappa shape index (κ1) is 16.2. The van der Waals surface area contributed by atoms with E-state index in [0.717, 1.165) is 12.1 Å². The molecule has 5 heteroatoms. The molecular weight excluding hydrogens is 306 g/mol. The van der Waals surface area contributed by atoms with E-state index in [-0.39, 0.29) is 11.6 Å². The van der Waals surface area contributed by atoms with Gasteiger partial charge in [0.25, 0.3) is 5.56 Å². The summed E-state index contributed by atoms with van der Waals surface area (Å²) in [4.78, 5) is 12.1. The summed E-state index contributed by atoms with van der Waals surface area (Å²) in [5.74, 6) is 0. The number of halogens is 1. The van der Waals surface area contributed by atoms with E-state index in [0.29, 0.717) is 10.5 Å². The van der Waals surface area contributed by atoms with Crippen molar-refractivity contribution >= 4 is 21.6 Å². The molecule has 0 saturated heterocycles. The van der Waals surface area contributed by atoms with Crippen LogP contribution in [0.15, 0.2) is 15.5 Å². The van der Waals surface area contributed by atoms with Crippen LogP contribution in [0.2, 0.25) is 0 Å². The molecule has 0 bridgehead atoms. The highest BCUT2D eigenvalue weighted by atomic mass is 79.9. The van der Waals surface area contributed by atoms with Gasteiger partial charge in [0.15, 0.2) is 0 Å². The minimum absolute atomic E-state index is 0.0693. The summed E-state index contributed by atoms with van der Waals surface area (Å²) in [6, 6.07) is 0.416. The molecule has 0 radical (unpaired) electrons. The Balaban J connectivity index is 2.75. The fourth-order valence-corrected chi connectivity index (χ4v) is 2.35. The minimum atomic E-state index is -0.0826. The van der Waals surface area contributed by atoms with E-state index in [1.165, 1.54) is 23.9 Å². The van der Waals surface area contributed by atoms with Crippen LogP contribution in [-0.2, 0) is 0 Å². The van der Waals surface area contributed by atoms with Crippen molar-refractivity contribution in [3.8, 4) is 0 Å². The highest BCUT2D eigenvalue weighted by Crippen LogP contribution is 2.19. The number of hydrogen-bond donors (Lipinski definition) is 1. The van der Waals surface area contributed by atoms with E-state index < -0.39 is 0 Å². The standard InChI is InChI=1S/C14H24BrN3O/c1-5-6-7-8-11(4)17-12-9-16-18(10(2)3)14(19)13(12)15/h9-11,17H,5-8H2,1-4H3. The SMILES string of the molecule is CCCCCC(C)Nc1cnn(C(C)C)c(=O)c1Br. The van der Waals surface area contributed by atoms with Crippen molar-refractivity contribution in [2.24, 2.45) is 0 Å². The quantitative estimate of drug-likeness (QED) is 0.770. The van der Waals surface area contributed by atoms with Crippen molar-refractivity contribution in [2.45, 2.75) is 65.5 Å². The minimum Gasteiger partial charge on any atom is -0.380 e. The average molecular weight is 330 g/mol. The zero-order valence-corrected chi connectivity index (χ0v) is 13.8. The van der Waals surface area contributed by atoms with Crippen LogP contribution in [0.4, 0.5) is 5.69 Å². The molecule has 0 amide bonds. The molecule has 0 fully saturated rings. The third kappa shape index (κ3) is 4.64. The van der Waals surface area contributed by atoms with Gasteiger partial charge in [-0.25, -0.2) is 4.68 Å². The summed E-state index contributed by atoms with van der Waals surface area (Å²) in [7, 11) is 0. The predicted octanol–water partition coefficient (Wildman–Crippen LogP) is 3.97. The molecule has 0 aromatic carbocycles. The highest BCUT2D eigenvalue weighted by molar-refractivity contribution is 9.10. The zero-order chi connectivity index (χ0) is 14.4. The van der Waals surface area contributed by atoms with Crippen molar-refractivity contribution in [1.29, 1.82) is 0 Å². The molecule has 1 rings (SSSR count). The van der Waals surface area contributed by atoms with E-state index in [4.69, 9.17) is 0 Å². The van der Waals surface area contributed by atoms with Crippen LogP contribution < -0.4 is 10.9 Å². The number of aromatic nitrogens is 2. The van der Waals surface area contributed by atoms with Gasteiger partial charge in [-0.3, -0.25) is 4.79 Å². The summed E-state index contributed by atoms with van der Waals surface area (Å²) in [5.41, 5.74) is 0.701. The first-order valence-corrected chi connectivity index (χ1v) is 7.80. The van der Waals surface area contributed by atoms with Gasteiger partial charge in [0.1, 0.15) is 4.47 Å². The Hall–Kier alpha value is -0.840. The number of unbranched alkanes of at least 4 members (excludes halogenated alkanes) is 2.